The first-order chi connectivity index (χ1) is 9.73. The molecule has 1 aromatic carbocycles. The van der Waals surface area contributed by atoms with E-state index in [1.165, 1.54) is 0 Å². The van der Waals surface area contributed by atoms with Gasteiger partial charge in [0.05, 0.1) is 0 Å². The highest BCUT2D eigenvalue weighted by Crippen LogP contribution is 2.03. The molecule has 118 valence electrons. The summed E-state index contributed by atoms with van der Waals surface area (Å²) in [7, 11) is 0. The van der Waals surface area contributed by atoms with Crippen LogP contribution < -0.4 is 0 Å². The number of aliphatic hydroxyl groups is 2. The van der Waals surface area contributed by atoms with Crippen LogP contribution in [0.3, 0.4) is 0 Å². The number of rotatable bonds is 6. The number of aliphatic hydroxyl groups excluding tert-OH is 2. The van der Waals surface area contributed by atoms with Crippen LogP contribution in [0.5, 0.6) is 0 Å². The molecule has 2 atom stereocenters. The van der Waals surface area contributed by atoms with Crippen molar-refractivity contribution in [3.63, 3.8) is 0 Å². The van der Waals surface area contributed by atoms with Crippen LogP contribution in [0.4, 0.5) is 0 Å². The first-order valence-corrected chi connectivity index (χ1v) is 6.59. The molecule has 0 aliphatic rings. The lowest BCUT2D eigenvalue weighted by Gasteiger charge is -2.06. The van der Waals surface area contributed by atoms with Gasteiger partial charge in [-0.25, -0.2) is 9.59 Å². The van der Waals surface area contributed by atoms with Gasteiger partial charge in [-0.2, -0.15) is 0 Å². The Hall–Kier alpha value is -1.92. The van der Waals surface area contributed by atoms with Gasteiger partial charge in [0.15, 0.2) is 12.2 Å². The highest BCUT2D eigenvalue weighted by atomic mass is 16.4. The molecule has 0 heterocycles. The molecule has 0 bridgehead atoms. The number of hydrogen-bond donors (Lipinski definition) is 4. The summed E-state index contributed by atoms with van der Waals surface area (Å²) in [6.07, 6.45) is -2.00. The number of benzene rings is 1. The smallest absolute Gasteiger partial charge is 0.332 e. The predicted octanol–water partition coefficient (Wildman–Crippen LogP) is 1.15. The van der Waals surface area contributed by atoms with Crippen LogP contribution in [0.15, 0.2) is 30.3 Å². The van der Waals surface area contributed by atoms with Gasteiger partial charge in [0.25, 0.3) is 0 Å². The Morgan fingerprint density at radius 2 is 1.43 bits per heavy atom. The van der Waals surface area contributed by atoms with Crippen molar-refractivity contribution in [1.29, 1.82) is 0 Å². The number of carbonyl (C=O) groups is 2. The summed E-state index contributed by atoms with van der Waals surface area (Å²) in [4.78, 5) is 20.2. The summed E-state index contributed by atoms with van der Waals surface area (Å²) in [6, 6.07) is 9.03. The molecule has 0 amide bonds. The molecule has 2 unspecified atom stereocenters. The van der Waals surface area contributed by atoms with E-state index in [1.54, 1.807) is 12.1 Å². The van der Waals surface area contributed by atoms with E-state index in [1.807, 2.05) is 32.0 Å². The third-order valence-electron chi connectivity index (χ3n) is 2.54. The number of hydrogen-bond acceptors (Lipinski definition) is 4. The maximum absolute atomic E-state index is 10.3. The first kappa shape index (κ1) is 19.1. The topological polar surface area (TPSA) is 115 Å². The molecule has 6 heteroatoms. The Balaban J connectivity index is 0.000000400. The third kappa shape index (κ3) is 9.59. The minimum atomic E-state index is -1.30. The van der Waals surface area contributed by atoms with E-state index in [9.17, 15) is 9.59 Å². The molecule has 1 aromatic rings. The highest BCUT2D eigenvalue weighted by molar-refractivity contribution is 5.72. The van der Waals surface area contributed by atoms with Crippen molar-refractivity contribution < 1.29 is 30.0 Å². The second-order valence-corrected chi connectivity index (χ2v) is 5.03. The summed E-state index contributed by atoms with van der Waals surface area (Å²) in [5.74, 6) is -2.08. The van der Waals surface area contributed by atoms with Gasteiger partial charge >= 0.3 is 11.9 Å². The zero-order chi connectivity index (χ0) is 16.4. The summed E-state index contributed by atoms with van der Waals surface area (Å²) in [5, 5.41) is 34.3. The molecule has 0 fully saturated rings. The van der Waals surface area contributed by atoms with E-state index < -0.39 is 24.1 Å². The van der Waals surface area contributed by atoms with Gasteiger partial charge in [-0.15, -0.1) is 0 Å². The monoisotopic (exact) mass is 298 g/mol. The van der Waals surface area contributed by atoms with Crippen molar-refractivity contribution in [2.45, 2.75) is 38.9 Å². The van der Waals surface area contributed by atoms with Crippen molar-refractivity contribution in [2.75, 3.05) is 0 Å². The lowest BCUT2D eigenvalue weighted by molar-refractivity contribution is -0.147. The zero-order valence-electron chi connectivity index (χ0n) is 12.1. The highest BCUT2D eigenvalue weighted by Gasteiger charge is 2.13. The van der Waals surface area contributed by atoms with E-state index in [0.717, 1.165) is 5.56 Å². The van der Waals surface area contributed by atoms with Crippen molar-refractivity contribution in [2.24, 2.45) is 5.92 Å². The van der Waals surface area contributed by atoms with Gasteiger partial charge in [-0.05, 0) is 17.9 Å². The van der Waals surface area contributed by atoms with Crippen LogP contribution in [0.25, 0.3) is 0 Å². The van der Waals surface area contributed by atoms with Crippen LogP contribution in [0, 0.1) is 5.92 Å². The van der Waals surface area contributed by atoms with Gasteiger partial charge in [-0.3, -0.25) is 0 Å². The molecule has 6 nitrogen and oxygen atoms in total. The normalized spacial score (nSPS) is 13.0. The van der Waals surface area contributed by atoms with E-state index in [4.69, 9.17) is 20.4 Å². The second kappa shape index (κ2) is 9.90. The van der Waals surface area contributed by atoms with E-state index in [2.05, 4.69) is 0 Å². The van der Waals surface area contributed by atoms with E-state index in [0.29, 0.717) is 6.42 Å². The minimum Gasteiger partial charge on any atom is -0.479 e. The average molecular weight is 298 g/mol. The van der Waals surface area contributed by atoms with Crippen molar-refractivity contribution in [1.82, 2.24) is 0 Å². The zero-order valence-corrected chi connectivity index (χ0v) is 12.1. The fraction of sp³-hybridized carbons (Fsp3) is 0.467. The fourth-order valence-corrected chi connectivity index (χ4v) is 1.47. The van der Waals surface area contributed by atoms with E-state index in [-0.39, 0.29) is 12.3 Å². The molecular weight excluding hydrogens is 276 g/mol. The Labute approximate surface area is 123 Å². The van der Waals surface area contributed by atoms with Crippen LogP contribution in [0.1, 0.15) is 25.8 Å². The van der Waals surface area contributed by atoms with Gasteiger partial charge in [0.2, 0.25) is 0 Å². The van der Waals surface area contributed by atoms with Crippen LogP contribution >= 0.6 is 0 Å². The minimum absolute atomic E-state index is 0.163. The second-order valence-electron chi connectivity index (χ2n) is 5.03. The van der Waals surface area contributed by atoms with Gasteiger partial charge in [0, 0.05) is 6.42 Å². The predicted molar refractivity (Wildman–Crippen MR) is 76.9 cm³/mol. The van der Waals surface area contributed by atoms with Crippen molar-refractivity contribution in [3.8, 4) is 0 Å². The first-order valence-electron chi connectivity index (χ1n) is 6.59. The van der Waals surface area contributed by atoms with E-state index >= 15 is 0 Å². The van der Waals surface area contributed by atoms with Gasteiger partial charge in [0.1, 0.15) is 0 Å². The molecule has 1 rings (SSSR count). The lowest BCUT2D eigenvalue weighted by atomic mass is 10.1. The Bertz CT molecular complexity index is 429. The number of carboxylic acids is 2. The molecule has 0 saturated heterocycles. The number of carboxylic acid groups (broad SMARTS) is 2. The molecule has 0 aliphatic carbocycles. The van der Waals surface area contributed by atoms with Crippen LogP contribution in [-0.2, 0) is 16.0 Å². The standard InChI is InChI=1S/C9H10O3.C6H12O3/c10-8(9(11)12)6-7-4-2-1-3-5-7;1-4(2)3-5(7)6(8)9/h1-5,8,10H,6H2,(H,11,12);4-5,7H,3H2,1-2H3,(H,8,9). The quantitative estimate of drug-likeness (QED) is 0.626. The molecule has 0 aromatic heterocycles. The molecular formula is C15H22O6. The SMILES string of the molecule is CC(C)CC(O)C(=O)O.O=C(O)C(O)Cc1ccccc1. The van der Waals surface area contributed by atoms with Crippen LogP contribution in [0.2, 0.25) is 0 Å². The molecule has 0 radical (unpaired) electrons. The van der Waals surface area contributed by atoms with Crippen LogP contribution in [-0.4, -0.2) is 44.6 Å². The molecule has 4 N–H and O–H groups in total. The summed E-state index contributed by atoms with van der Waals surface area (Å²) < 4.78 is 0. The van der Waals surface area contributed by atoms with Crippen molar-refractivity contribution in [3.05, 3.63) is 35.9 Å². The number of aliphatic carboxylic acids is 2. The Morgan fingerprint density at radius 3 is 1.76 bits per heavy atom. The molecule has 0 aliphatic heterocycles. The van der Waals surface area contributed by atoms with Gasteiger partial charge in [-0.1, -0.05) is 44.2 Å². The average Bonchev–Trinajstić information content (AvgIpc) is 2.39. The maximum Gasteiger partial charge on any atom is 0.332 e. The van der Waals surface area contributed by atoms with Crippen molar-refractivity contribution >= 4 is 11.9 Å². The maximum atomic E-state index is 10.3. The lowest BCUT2D eigenvalue weighted by Crippen LogP contribution is -2.21. The summed E-state index contributed by atoms with van der Waals surface area (Å²) >= 11 is 0. The summed E-state index contributed by atoms with van der Waals surface area (Å²) in [5.41, 5.74) is 0.826. The van der Waals surface area contributed by atoms with Gasteiger partial charge < -0.3 is 20.4 Å². The third-order valence-corrected chi connectivity index (χ3v) is 2.54. The fourth-order valence-electron chi connectivity index (χ4n) is 1.47. The Morgan fingerprint density at radius 1 is 0.952 bits per heavy atom. The largest absolute Gasteiger partial charge is 0.479 e. The molecule has 0 saturated carbocycles. The Kier molecular flexibility index (Phi) is 9.00. The molecule has 21 heavy (non-hydrogen) atoms. The molecule has 0 spiro atoms. The summed E-state index contributed by atoms with van der Waals surface area (Å²) in [6.45, 7) is 3.73.